The molecule has 0 radical (unpaired) electrons. The van der Waals surface area contributed by atoms with E-state index in [1.165, 1.54) is 0 Å². The molecule has 0 spiro atoms. The zero-order valence-corrected chi connectivity index (χ0v) is 14.5. The average Bonchev–Trinajstić information content (AvgIpc) is 3.13. The van der Waals surface area contributed by atoms with Crippen molar-refractivity contribution in [2.75, 3.05) is 13.1 Å². The second-order valence-corrected chi connectivity index (χ2v) is 6.43. The second-order valence-electron chi connectivity index (χ2n) is 6.43. The summed E-state index contributed by atoms with van der Waals surface area (Å²) in [6.07, 6.45) is 5.31. The van der Waals surface area contributed by atoms with Crippen molar-refractivity contribution in [3.05, 3.63) is 48.5 Å². The van der Waals surface area contributed by atoms with Crippen molar-refractivity contribution in [3.8, 4) is 5.69 Å². The SMILES string of the molecule is CC(C)C1C(=O)NCCN1C(=O)NCc1ccccc1-n1ccnc1. The third kappa shape index (κ3) is 3.65. The van der Waals surface area contributed by atoms with Crippen molar-refractivity contribution in [3.63, 3.8) is 0 Å². The quantitative estimate of drug-likeness (QED) is 0.885. The van der Waals surface area contributed by atoms with Gasteiger partial charge in [0.05, 0.1) is 12.0 Å². The van der Waals surface area contributed by atoms with Crippen LogP contribution in [0.5, 0.6) is 0 Å². The Hall–Kier alpha value is -2.83. The Labute approximate surface area is 147 Å². The number of urea groups is 1. The molecule has 2 N–H and O–H groups in total. The molecule has 7 heteroatoms. The average molecular weight is 341 g/mol. The number of imidazole rings is 1. The fourth-order valence-electron chi connectivity index (χ4n) is 3.16. The van der Waals surface area contributed by atoms with Crippen molar-refractivity contribution in [2.24, 2.45) is 5.92 Å². The Kier molecular flexibility index (Phi) is 5.02. The monoisotopic (exact) mass is 341 g/mol. The van der Waals surface area contributed by atoms with Gasteiger partial charge < -0.3 is 20.1 Å². The molecule has 1 atom stereocenters. The molecular weight excluding hydrogens is 318 g/mol. The molecule has 0 saturated carbocycles. The van der Waals surface area contributed by atoms with Gasteiger partial charge in [0, 0.05) is 32.0 Å². The second kappa shape index (κ2) is 7.38. The van der Waals surface area contributed by atoms with Gasteiger partial charge in [0.2, 0.25) is 5.91 Å². The number of benzene rings is 1. The predicted molar refractivity (Wildman–Crippen MR) is 94.1 cm³/mol. The van der Waals surface area contributed by atoms with Gasteiger partial charge in [0.25, 0.3) is 0 Å². The topological polar surface area (TPSA) is 79.3 Å². The van der Waals surface area contributed by atoms with Crippen LogP contribution in [0.2, 0.25) is 0 Å². The summed E-state index contributed by atoms with van der Waals surface area (Å²) in [7, 11) is 0. The van der Waals surface area contributed by atoms with Crippen LogP contribution in [0, 0.1) is 5.92 Å². The van der Waals surface area contributed by atoms with Crippen molar-refractivity contribution in [1.82, 2.24) is 25.1 Å². The predicted octanol–water partition coefficient (Wildman–Crippen LogP) is 1.54. The van der Waals surface area contributed by atoms with Crippen LogP contribution in [-0.2, 0) is 11.3 Å². The molecule has 0 bridgehead atoms. The number of rotatable bonds is 4. The van der Waals surface area contributed by atoms with E-state index in [2.05, 4.69) is 15.6 Å². The first-order valence-corrected chi connectivity index (χ1v) is 8.46. The smallest absolute Gasteiger partial charge is 0.318 e. The lowest BCUT2D eigenvalue weighted by Crippen LogP contribution is -2.61. The van der Waals surface area contributed by atoms with Crippen LogP contribution in [0.3, 0.4) is 0 Å². The highest BCUT2D eigenvalue weighted by molar-refractivity contribution is 5.88. The number of hydrogen-bond acceptors (Lipinski definition) is 3. The summed E-state index contributed by atoms with van der Waals surface area (Å²) >= 11 is 0. The van der Waals surface area contributed by atoms with Crippen LogP contribution < -0.4 is 10.6 Å². The van der Waals surface area contributed by atoms with E-state index < -0.39 is 6.04 Å². The molecule has 1 fully saturated rings. The molecule has 1 unspecified atom stereocenters. The van der Waals surface area contributed by atoms with Crippen LogP contribution in [0.25, 0.3) is 5.69 Å². The standard InChI is InChI=1S/C18H23N5O2/c1-13(2)16-17(24)20-8-10-23(16)18(25)21-11-14-5-3-4-6-15(14)22-9-7-19-12-22/h3-7,9,12-13,16H,8,10-11H2,1-2H3,(H,20,24)(H,21,25). The van der Waals surface area contributed by atoms with Gasteiger partial charge in [-0.25, -0.2) is 9.78 Å². The lowest BCUT2D eigenvalue weighted by atomic mass is 10.00. The number of carbonyl (C=O) groups is 2. The number of aromatic nitrogens is 2. The molecule has 25 heavy (non-hydrogen) atoms. The summed E-state index contributed by atoms with van der Waals surface area (Å²) in [6, 6.07) is 7.19. The largest absolute Gasteiger partial charge is 0.353 e. The minimum absolute atomic E-state index is 0.0595. The van der Waals surface area contributed by atoms with Crippen molar-refractivity contribution in [1.29, 1.82) is 0 Å². The van der Waals surface area contributed by atoms with Crippen LogP contribution in [-0.4, -0.2) is 45.5 Å². The van der Waals surface area contributed by atoms with Crippen molar-refractivity contribution in [2.45, 2.75) is 26.4 Å². The number of amides is 3. The summed E-state index contributed by atoms with van der Waals surface area (Å²) in [5.41, 5.74) is 1.95. The third-order valence-electron chi connectivity index (χ3n) is 4.35. The molecule has 3 rings (SSSR count). The number of nitrogens with zero attached hydrogens (tertiary/aromatic N) is 3. The van der Waals surface area contributed by atoms with Crippen molar-refractivity contribution >= 4 is 11.9 Å². The minimum Gasteiger partial charge on any atom is -0.353 e. The molecule has 1 aliphatic rings. The van der Waals surface area contributed by atoms with Crippen LogP contribution in [0.4, 0.5) is 4.79 Å². The maximum Gasteiger partial charge on any atom is 0.318 e. The minimum atomic E-state index is -0.433. The lowest BCUT2D eigenvalue weighted by molar-refractivity contribution is -0.129. The molecule has 1 aromatic heterocycles. The Bertz CT molecular complexity index is 742. The normalized spacial score (nSPS) is 17.5. The molecule has 7 nitrogen and oxygen atoms in total. The van der Waals surface area contributed by atoms with Crippen LogP contribution in [0.15, 0.2) is 43.0 Å². The highest BCUT2D eigenvalue weighted by Gasteiger charge is 2.35. The number of para-hydroxylation sites is 1. The summed E-state index contributed by atoms with van der Waals surface area (Å²) in [4.78, 5) is 30.4. The van der Waals surface area contributed by atoms with Gasteiger partial charge in [-0.1, -0.05) is 32.0 Å². The Morgan fingerprint density at radius 2 is 2.20 bits per heavy atom. The molecule has 2 aromatic rings. The van der Waals surface area contributed by atoms with Gasteiger partial charge in [-0.3, -0.25) is 4.79 Å². The first-order valence-electron chi connectivity index (χ1n) is 8.46. The first kappa shape index (κ1) is 17.0. The van der Waals surface area contributed by atoms with E-state index in [0.717, 1.165) is 11.3 Å². The lowest BCUT2D eigenvalue weighted by Gasteiger charge is -2.37. The van der Waals surface area contributed by atoms with E-state index in [4.69, 9.17) is 0 Å². The number of piperazine rings is 1. The summed E-state index contributed by atoms with van der Waals surface area (Å²) < 4.78 is 1.91. The number of carbonyl (C=O) groups excluding carboxylic acids is 2. The van der Waals surface area contributed by atoms with Gasteiger partial charge in [0.15, 0.2) is 0 Å². The zero-order valence-electron chi connectivity index (χ0n) is 14.5. The van der Waals surface area contributed by atoms with Crippen LogP contribution >= 0.6 is 0 Å². The fraction of sp³-hybridized carbons (Fsp3) is 0.389. The van der Waals surface area contributed by atoms with Crippen LogP contribution in [0.1, 0.15) is 19.4 Å². The highest BCUT2D eigenvalue weighted by atomic mass is 16.2. The molecule has 132 valence electrons. The number of hydrogen-bond donors (Lipinski definition) is 2. The Morgan fingerprint density at radius 1 is 1.40 bits per heavy atom. The summed E-state index contributed by atoms with van der Waals surface area (Å²) in [5.74, 6) is -0.0282. The summed E-state index contributed by atoms with van der Waals surface area (Å²) in [5, 5.41) is 5.78. The van der Waals surface area contributed by atoms with Gasteiger partial charge >= 0.3 is 6.03 Å². The molecule has 0 aliphatic carbocycles. The van der Waals surface area contributed by atoms with Gasteiger partial charge in [0.1, 0.15) is 6.04 Å². The molecular formula is C18H23N5O2. The van der Waals surface area contributed by atoms with E-state index in [-0.39, 0.29) is 17.9 Å². The van der Waals surface area contributed by atoms with E-state index in [1.807, 2.05) is 48.9 Å². The highest BCUT2D eigenvalue weighted by Crippen LogP contribution is 2.16. The molecule has 3 amide bonds. The maximum atomic E-state index is 12.6. The van der Waals surface area contributed by atoms with Crippen molar-refractivity contribution < 1.29 is 9.59 Å². The zero-order chi connectivity index (χ0) is 17.8. The Morgan fingerprint density at radius 3 is 2.92 bits per heavy atom. The van der Waals surface area contributed by atoms with E-state index in [9.17, 15) is 9.59 Å². The molecule has 1 aliphatic heterocycles. The Balaban J connectivity index is 1.71. The molecule has 2 heterocycles. The fourth-order valence-corrected chi connectivity index (χ4v) is 3.16. The van der Waals surface area contributed by atoms with E-state index >= 15 is 0 Å². The first-order chi connectivity index (χ1) is 12.1. The van der Waals surface area contributed by atoms with Gasteiger partial charge in [-0.2, -0.15) is 0 Å². The molecule has 1 aromatic carbocycles. The molecule has 1 saturated heterocycles. The van der Waals surface area contributed by atoms with Gasteiger partial charge in [-0.05, 0) is 17.5 Å². The maximum absolute atomic E-state index is 12.6. The van der Waals surface area contributed by atoms with E-state index in [0.29, 0.717) is 19.6 Å². The number of nitrogens with one attached hydrogen (secondary N) is 2. The summed E-state index contributed by atoms with van der Waals surface area (Å²) in [6.45, 7) is 5.29. The van der Waals surface area contributed by atoms with E-state index in [1.54, 1.807) is 17.4 Å². The third-order valence-corrected chi connectivity index (χ3v) is 4.35. The van der Waals surface area contributed by atoms with Gasteiger partial charge in [-0.15, -0.1) is 0 Å².